The number of hydrogen-bond donors (Lipinski definition) is 0. The predicted molar refractivity (Wildman–Crippen MR) is 272 cm³/mol. The smallest absolute Gasteiger partial charge is 0.332 e. The molecule has 0 aromatic heterocycles. The lowest BCUT2D eigenvalue weighted by atomic mass is 9.47. The lowest BCUT2D eigenvalue weighted by molar-refractivity contribution is -0.153. The van der Waals surface area contributed by atoms with Crippen LogP contribution in [0.5, 0.6) is 0 Å². The second-order valence-electron chi connectivity index (χ2n) is 22.7. The van der Waals surface area contributed by atoms with E-state index in [4.69, 9.17) is 28.4 Å². The van der Waals surface area contributed by atoms with Crippen molar-refractivity contribution in [3.63, 3.8) is 0 Å². The van der Waals surface area contributed by atoms with E-state index in [9.17, 15) is 4.79 Å². The fourth-order valence-corrected chi connectivity index (χ4v) is 13.5. The standard InChI is InChI=1S/C58H103NO7/c1-7-8-9-10-11-12-13-14-15-16-17-18-19-20-21-22-36-63-45-51(44-59-34-37-61-38-35-59)64-41-39-62-40-42-65-56(60)46-66-50-30-32-57(5)49(43-50)26-27-52-54-29-28-53(48(4)25-23-24-47(2)3)58(54,6)33-31-55(52)57/h14-15,26,47-48,50-55H,7-13,16-25,27-46H2,1-6H3/t48-,50+,51?,52?,53+,54+,55?,57?,58-/m1/s1. The van der Waals surface area contributed by atoms with E-state index in [0.717, 1.165) is 94.2 Å². The van der Waals surface area contributed by atoms with Crippen LogP contribution >= 0.6 is 0 Å². The Morgan fingerprint density at radius 2 is 1.48 bits per heavy atom. The van der Waals surface area contributed by atoms with Crippen LogP contribution in [0, 0.1) is 46.3 Å². The molecule has 1 heterocycles. The SMILES string of the molecule is CCCCCCCCC=CCCCCCCCCOCC(CN1CCOCC1)OCCOCCOC(=O)CO[C@H]1CCC2(C)C(=CCC3C2CC[C@@]2(C)[C@H]3CC[C@H]2[C@H](C)CCCC(C)C)C1. The highest BCUT2D eigenvalue weighted by Crippen LogP contribution is 2.67. The minimum atomic E-state index is -0.300. The van der Waals surface area contributed by atoms with Crippen molar-refractivity contribution in [2.45, 2.75) is 214 Å². The first kappa shape index (κ1) is 55.6. The van der Waals surface area contributed by atoms with Crippen LogP contribution in [0.3, 0.4) is 0 Å². The summed E-state index contributed by atoms with van der Waals surface area (Å²) in [5.41, 5.74) is 2.41. The summed E-state index contributed by atoms with van der Waals surface area (Å²) >= 11 is 0. The van der Waals surface area contributed by atoms with Crippen LogP contribution in [0.15, 0.2) is 23.8 Å². The highest BCUT2D eigenvalue weighted by atomic mass is 16.6. The van der Waals surface area contributed by atoms with Crippen LogP contribution in [-0.4, -0.2) is 102 Å². The van der Waals surface area contributed by atoms with Crippen molar-refractivity contribution in [3.05, 3.63) is 23.8 Å². The molecule has 0 aromatic carbocycles. The van der Waals surface area contributed by atoms with Gasteiger partial charge in [0, 0.05) is 26.2 Å². The van der Waals surface area contributed by atoms with Gasteiger partial charge in [-0.3, -0.25) is 4.90 Å². The van der Waals surface area contributed by atoms with E-state index in [0.29, 0.717) is 31.8 Å². The van der Waals surface area contributed by atoms with E-state index in [1.165, 1.54) is 141 Å². The summed E-state index contributed by atoms with van der Waals surface area (Å²) in [6.07, 6.45) is 40.1. The van der Waals surface area contributed by atoms with Crippen LogP contribution in [-0.2, 0) is 33.2 Å². The van der Waals surface area contributed by atoms with Crippen LogP contribution in [0.1, 0.15) is 202 Å². The number of hydrogen-bond acceptors (Lipinski definition) is 8. The molecule has 8 nitrogen and oxygen atoms in total. The molecule has 1 aliphatic heterocycles. The van der Waals surface area contributed by atoms with Gasteiger partial charge in [0.05, 0.1) is 51.8 Å². The topological polar surface area (TPSA) is 75.7 Å². The molecule has 4 aliphatic carbocycles. The predicted octanol–water partition coefficient (Wildman–Crippen LogP) is 13.7. The first-order valence-corrected chi connectivity index (χ1v) is 28.3. The molecule has 0 amide bonds. The summed E-state index contributed by atoms with van der Waals surface area (Å²) in [6.45, 7) is 22.0. The number of carbonyl (C=O) groups is 1. The van der Waals surface area contributed by atoms with Gasteiger partial charge >= 0.3 is 5.97 Å². The zero-order valence-electron chi connectivity index (χ0n) is 43.8. The van der Waals surface area contributed by atoms with Crippen LogP contribution in [0.2, 0.25) is 0 Å². The highest BCUT2D eigenvalue weighted by Gasteiger charge is 2.59. The Bertz CT molecular complexity index is 1360. The molecule has 0 spiro atoms. The fraction of sp³-hybridized carbons (Fsp3) is 0.914. The normalized spacial score (nSPS) is 28.8. The molecule has 382 valence electrons. The minimum Gasteiger partial charge on any atom is -0.462 e. The number of morpholine rings is 1. The van der Waals surface area contributed by atoms with Crippen LogP contribution in [0.25, 0.3) is 0 Å². The van der Waals surface area contributed by atoms with E-state index >= 15 is 0 Å². The molecule has 8 heteroatoms. The monoisotopic (exact) mass is 926 g/mol. The van der Waals surface area contributed by atoms with Crippen molar-refractivity contribution >= 4 is 5.97 Å². The second-order valence-corrected chi connectivity index (χ2v) is 22.7. The lowest BCUT2D eigenvalue weighted by Crippen LogP contribution is -2.51. The van der Waals surface area contributed by atoms with Gasteiger partial charge in [-0.1, -0.05) is 142 Å². The Morgan fingerprint density at radius 1 is 0.773 bits per heavy atom. The second kappa shape index (κ2) is 31.1. The average molecular weight is 926 g/mol. The van der Waals surface area contributed by atoms with Gasteiger partial charge in [-0.25, -0.2) is 4.79 Å². The molecule has 0 radical (unpaired) electrons. The molecule has 1 saturated heterocycles. The first-order valence-electron chi connectivity index (χ1n) is 28.3. The number of nitrogens with zero attached hydrogens (tertiary/aromatic N) is 1. The van der Waals surface area contributed by atoms with Crippen molar-refractivity contribution in [3.8, 4) is 0 Å². The number of allylic oxidation sites excluding steroid dienone is 3. The van der Waals surface area contributed by atoms with E-state index < -0.39 is 0 Å². The first-order chi connectivity index (χ1) is 32.1. The van der Waals surface area contributed by atoms with Crippen molar-refractivity contribution in [1.29, 1.82) is 0 Å². The maximum atomic E-state index is 12.7. The van der Waals surface area contributed by atoms with Gasteiger partial charge in [0.2, 0.25) is 0 Å². The number of fused-ring (bicyclic) bond motifs is 5. The Labute approximate surface area is 406 Å². The summed E-state index contributed by atoms with van der Waals surface area (Å²) in [4.78, 5) is 15.1. The summed E-state index contributed by atoms with van der Waals surface area (Å²) in [5, 5.41) is 0. The van der Waals surface area contributed by atoms with Gasteiger partial charge < -0.3 is 28.4 Å². The van der Waals surface area contributed by atoms with Crippen molar-refractivity contribution in [2.24, 2.45) is 46.3 Å². The molecule has 0 N–H and O–H groups in total. The zero-order valence-corrected chi connectivity index (χ0v) is 43.8. The number of unbranched alkanes of at least 4 members (excludes halogenated alkanes) is 12. The molecule has 0 bridgehead atoms. The Balaban J connectivity index is 0.886. The van der Waals surface area contributed by atoms with E-state index in [-0.39, 0.29) is 36.8 Å². The Hall–Kier alpha value is -1.29. The molecule has 5 rings (SSSR count). The maximum Gasteiger partial charge on any atom is 0.332 e. The number of rotatable bonds is 35. The van der Waals surface area contributed by atoms with E-state index in [2.05, 4.69) is 64.7 Å². The number of ether oxygens (including phenoxy) is 6. The third-order valence-electron chi connectivity index (χ3n) is 17.4. The Morgan fingerprint density at radius 3 is 2.23 bits per heavy atom. The maximum absolute atomic E-state index is 12.7. The summed E-state index contributed by atoms with van der Waals surface area (Å²) in [5.74, 6) is 4.77. The van der Waals surface area contributed by atoms with Gasteiger partial charge in [0.25, 0.3) is 0 Å². The molecule has 4 fully saturated rings. The van der Waals surface area contributed by atoms with Crippen molar-refractivity contribution < 1.29 is 33.2 Å². The summed E-state index contributed by atoms with van der Waals surface area (Å²) in [6, 6.07) is 0. The Kier molecular flexibility index (Phi) is 26.2. The molecule has 0 aromatic rings. The zero-order chi connectivity index (χ0) is 46.9. The molecule has 3 saturated carbocycles. The van der Waals surface area contributed by atoms with Crippen LogP contribution in [0.4, 0.5) is 0 Å². The van der Waals surface area contributed by atoms with Gasteiger partial charge in [-0.2, -0.15) is 0 Å². The van der Waals surface area contributed by atoms with Gasteiger partial charge in [0.15, 0.2) is 0 Å². The van der Waals surface area contributed by atoms with Gasteiger partial charge in [-0.15, -0.1) is 0 Å². The van der Waals surface area contributed by atoms with Crippen molar-refractivity contribution in [2.75, 3.05) is 79.1 Å². The molecule has 66 heavy (non-hydrogen) atoms. The quantitative estimate of drug-likeness (QED) is 0.0353. The largest absolute Gasteiger partial charge is 0.462 e. The third kappa shape index (κ3) is 18.5. The number of esters is 1. The molecular weight excluding hydrogens is 823 g/mol. The summed E-state index contributed by atoms with van der Waals surface area (Å²) < 4.78 is 35.5. The van der Waals surface area contributed by atoms with Gasteiger partial charge in [-0.05, 0) is 130 Å². The minimum absolute atomic E-state index is 0.00387. The molecule has 9 atom stereocenters. The highest BCUT2D eigenvalue weighted by molar-refractivity contribution is 5.70. The van der Waals surface area contributed by atoms with E-state index in [1.54, 1.807) is 5.57 Å². The number of carbonyl (C=O) groups excluding carboxylic acids is 1. The fourth-order valence-electron chi connectivity index (χ4n) is 13.5. The summed E-state index contributed by atoms with van der Waals surface area (Å²) in [7, 11) is 0. The third-order valence-corrected chi connectivity index (χ3v) is 17.4. The molecule has 5 aliphatic rings. The molecule has 4 unspecified atom stereocenters. The van der Waals surface area contributed by atoms with Crippen LogP contribution < -0.4 is 0 Å². The van der Waals surface area contributed by atoms with E-state index in [1.807, 2.05) is 0 Å². The van der Waals surface area contributed by atoms with Gasteiger partial charge in [0.1, 0.15) is 13.2 Å². The van der Waals surface area contributed by atoms with Crippen molar-refractivity contribution in [1.82, 2.24) is 4.90 Å². The molecular formula is C58H103NO7. The average Bonchev–Trinajstić information content (AvgIpc) is 3.67. The lowest BCUT2D eigenvalue weighted by Gasteiger charge is -2.58.